The van der Waals surface area contributed by atoms with E-state index in [1.807, 2.05) is 6.08 Å². The molecule has 1 fully saturated rings. The Morgan fingerprint density at radius 1 is 1.30 bits per heavy atom. The van der Waals surface area contributed by atoms with Crippen LogP contribution in [0, 0.1) is 0 Å². The second-order valence-corrected chi connectivity index (χ2v) is 6.59. The number of nitrogens with zero attached hydrogens (tertiary/aromatic N) is 1. The standard InChI is InChI=1S/C19H24N4/c1-13-17(14-8-6-5-7-9-14)20-11-15(23-13)10-16-18(19(2,3)4)22-12-21-16/h5-10,12,17,20,23H,1,11H2,2-4H3,(H,21,22)/b15-10-/i5D,6D,7D,8D,9D. The third-order valence-electron chi connectivity index (χ3n) is 3.70. The van der Waals surface area contributed by atoms with Crippen LogP contribution >= 0.6 is 0 Å². The van der Waals surface area contributed by atoms with Gasteiger partial charge >= 0.3 is 0 Å². The first-order chi connectivity index (χ1) is 13.0. The summed E-state index contributed by atoms with van der Waals surface area (Å²) in [7, 11) is 0. The van der Waals surface area contributed by atoms with E-state index in [0.717, 1.165) is 17.1 Å². The molecule has 1 aromatic carbocycles. The molecule has 1 aliphatic rings. The van der Waals surface area contributed by atoms with E-state index in [2.05, 4.69) is 48.0 Å². The molecule has 0 bridgehead atoms. The highest BCUT2D eigenvalue weighted by atomic mass is 15.1. The molecule has 0 amide bonds. The molecule has 0 aliphatic carbocycles. The van der Waals surface area contributed by atoms with Gasteiger partial charge in [0.05, 0.1) is 24.9 Å². The molecule has 4 heteroatoms. The van der Waals surface area contributed by atoms with E-state index in [4.69, 9.17) is 6.85 Å². The number of piperazine rings is 1. The number of nitrogens with one attached hydrogen (secondary N) is 3. The molecule has 3 N–H and O–H groups in total. The van der Waals surface area contributed by atoms with Crippen molar-refractivity contribution in [2.24, 2.45) is 0 Å². The molecular formula is C19H24N4. The second-order valence-electron chi connectivity index (χ2n) is 6.59. The lowest BCUT2D eigenvalue weighted by atomic mass is 9.90. The quantitative estimate of drug-likeness (QED) is 0.795. The van der Waals surface area contributed by atoms with E-state index in [1.54, 1.807) is 6.33 Å². The second kappa shape index (κ2) is 6.05. The topological polar surface area (TPSA) is 52.7 Å². The van der Waals surface area contributed by atoms with Crippen LogP contribution in [0.25, 0.3) is 6.08 Å². The fourth-order valence-electron chi connectivity index (χ4n) is 2.61. The molecule has 4 nitrogen and oxygen atoms in total. The summed E-state index contributed by atoms with van der Waals surface area (Å²) in [4.78, 5) is 7.56. The number of aromatic nitrogens is 2. The highest BCUT2D eigenvalue weighted by molar-refractivity contribution is 5.54. The van der Waals surface area contributed by atoms with Crippen LogP contribution in [0.5, 0.6) is 0 Å². The summed E-state index contributed by atoms with van der Waals surface area (Å²) in [5, 5.41) is 6.43. The Morgan fingerprint density at radius 3 is 2.70 bits per heavy atom. The number of hydrogen-bond acceptors (Lipinski definition) is 3. The minimum absolute atomic E-state index is 0.0855. The first-order valence-corrected chi connectivity index (χ1v) is 7.52. The third kappa shape index (κ3) is 3.37. The van der Waals surface area contributed by atoms with Gasteiger partial charge in [-0.05, 0) is 11.6 Å². The Balaban J connectivity index is 1.90. The van der Waals surface area contributed by atoms with Crippen molar-refractivity contribution in [3.8, 4) is 0 Å². The molecule has 1 atom stereocenters. The van der Waals surface area contributed by atoms with Gasteiger partial charge in [0, 0.05) is 29.0 Å². The van der Waals surface area contributed by atoms with Crippen molar-refractivity contribution >= 4 is 6.08 Å². The van der Waals surface area contributed by atoms with Crippen molar-refractivity contribution in [3.05, 3.63) is 71.5 Å². The summed E-state index contributed by atoms with van der Waals surface area (Å²) >= 11 is 0. The van der Waals surface area contributed by atoms with Gasteiger partial charge in [0.15, 0.2) is 0 Å². The van der Waals surface area contributed by atoms with Crippen molar-refractivity contribution in [1.82, 2.24) is 20.6 Å². The van der Waals surface area contributed by atoms with Crippen LogP contribution in [-0.4, -0.2) is 16.5 Å². The van der Waals surface area contributed by atoms with Crippen LogP contribution < -0.4 is 10.6 Å². The summed E-state index contributed by atoms with van der Waals surface area (Å²) in [6.07, 6.45) is 3.58. The van der Waals surface area contributed by atoms with Crippen LogP contribution in [-0.2, 0) is 5.41 Å². The summed E-state index contributed by atoms with van der Waals surface area (Å²) in [5.74, 6) is 0. The van der Waals surface area contributed by atoms with E-state index < -0.39 is 12.1 Å². The monoisotopic (exact) mass is 313 g/mol. The smallest absolute Gasteiger partial charge is 0.0929 e. The highest BCUT2D eigenvalue weighted by Gasteiger charge is 2.23. The molecule has 0 radical (unpaired) electrons. The van der Waals surface area contributed by atoms with Gasteiger partial charge in [-0.1, -0.05) is 57.6 Å². The molecule has 3 rings (SSSR count). The van der Waals surface area contributed by atoms with E-state index >= 15 is 0 Å². The van der Waals surface area contributed by atoms with Crippen molar-refractivity contribution in [2.75, 3.05) is 6.54 Å². The van der Waals surface area contributed by atoms with Crippen LogP contribution in [0.4, 0.5) is 0 Å². The number of benzene rings is 1. The fourth-order valence-corrected chi connectivity index (χ4v) is 2.61. The van der Waals surface area contributed by atoms with Gasteiger partial charge in [0.2, 0.25) is 0 Å². The van der Waals surface area contributed by atoms with Gasteiger partial charge in [-0.15, -0.1) is 0 Å². The molecule has 120 valence electrons. The molecular weight excluding hydrogens is 284 g/mol. The Morgan fingerprint density at radius 2 is 2.04 bits per heavy atom. The largest absolute Gasteiger partial charge is 0.360 e. The highest BCUT2D eigenvalue weighted by Crippen LogP contribution is 2.26. The normalized spacial score (nSPS) is 23.6. The predicted molar refractivity (Wildman–Crippen MR) is 94.7 cm³/mol. The molecule has 23 heavy (non-hydrogen) atoms. The van der Waals surface area contributed by atoms with Crippen LogP contribution in [0.3, 0.4) is 0 Å². The van der Waals surface area contributed by atoms with E-state index in [0.29, 0.717) is 12.2 Å². The van der Waals surface area contributed by atoms with Gasteiger partial charge in [0.1, 0.15) is 0 Å². The summed E-state index contributed by atoms with van der Waals surface area (Å²) in [6, 6.07) is -2.13. The van der Waals surface area contributed by atoms with Gasteiger partial charge in [-0.25, -0.2) is 4.98 Å². The van der Waals surface area contributed by atoms with Gasteiger partial charge in [0.25, 0.3) is 0 Å². The average molecular weight is 313 g/mol. The Labute approximate surface area is 144 Å². The summed E-state index contributed by atoms with van der Waals surface area (Å²) in [5.41, 5.74) is 3.30. The average Bonchev–Trinajstić information content (AvgIpc) is 3.09. The number of aromatic amines is 1. The van der Waals surface area contributed by atoms with Crippen LogP contribution in [0.15, 0.2) is 54.5 Å². The summed E-state index contributed by atoms with van der Waals surface area (Å²) < 4.78 is 39.8. The molecule has 1 unspecified atom stereocenters. The van der Waals surface area contributed by atoms with E-state index in [9.17, 15) is 0 Å². The molecule has 2 heterocycles. The Hall–Kier alpha value is -2.33. The minimum atomic E-state index is -0.591. The zero-order chi connectivity index (χ0) is 20.8. The lowest BCUT2D eigenvalue weighted by Crippen LogP contribution is -2.39. The first kappa shape index (κ1) is 10.4. The number of H-pyrrole nitrogens is 1. The van der Waals surface area contributed by atoms with Crippen molar-refractivity contribution in [1.29, 1.82) is 0 Å². The SMILES string of the molecule is [2H]c1c([2H])c([2H])c(C2NC/C(=C/c3nc[nH]c3C(C)(C)C)NC2=C)c([2H])c1[2H]. The van der Waals surface area contributed by atoms with Crippen LogP contribution in [0.2, 0.25) is 0 Å². The predicted octanol–water partition coefficient (Wildman–Crippen LogP) is 3.50. The van der Waals surface area contributed by atoms with E-state index in [1.165, 1.54) is 0 Å². The zero-order valence-electron chi connectivity index (χ0n) is 18.6. The van der Waals surface area contributed by atoms with Crippen molar-refractivity contribution in [3.63, 3.8) is 0 Å². The Kier molecular flexibility index (Phi) is 2.75. The van der Waals surface area contributed by atoms with Gasteiger partial charge < -0.3 is 10.3 Å². The molecule has 1 aromatic heterocycles. The lowest BCUT2D eigenvalue weighted by molar-refractivity contribution is 0.546. The zero-order valence-corrected chi connectivity index (χ0v) is 13.6. The van der Waals surface area contributed by atoms with Gasteiger partial charge in [-0.2, -0.15) is 0 Å². The third-order valence-corrected chi connectivity index (χ3v) is 3.70. The van der Waals surface area contributed by atoms with Crippen molar-refractivity contribution in [2.45, 2.75) is 32.2 Å². The lowest BCUT2D eigenvalue weighted by Gasteiger charge is -2.30. The molecule has 1 aliphatic heterocycles. The summed E-state index contributed by atoms with van der Waals surface area (Å²) in [6.45, 7) is 10.7. The first-order valence-electron chi connectivity index (χ1n) is 10.0. The van der Waals surface area contributed by atoms with Crippen molar-refractivity contribution < 1.29 is 6.85 Å². The number of rotatable bonds is 2. The maximum atomic E-state index is 8.16. The van der Waals surface area contributed by atoms with E-state index in [-0.39, 0.29) is 35.1 Å². The molecule has 0 spiro atoms. The molecule has 1 saturated heterocycles. The maximum Gasteiger partial charge on any atom is 0.0929 e. The minimum Gasteiger partial charge on any atom is -0.360 e. The van der Waals surface area contributed by atoms with Gasteiger partial charge in [-0.3, -0.25) is 5.32 Å². The van der Waals surface area contributed by atoms with Crippen LogP contribution in [0.1, 0.15) is 50.6 Å². The maximum absolute atomic E-state index is 8.16. The fraction of sp³-hybridized carbons (Fsp3) is 0.316. The number of imidazole rings is 1. The molecule has 0 saturated carbocycles. The molecule has 2 aromatic rings. The number of hydrogen-bond donors (Lipinski definition) is 3. The Bertz CT molecular complexity index is 942.